The summed E-state index contributed by atoms with van der Waals surface area (Å²) >= 11 is 11.9. The van der Waals surface area contributed by atoms with Crippen molar-refractivity contribution < 1.29 is 8.78 Å². The van der Waals surface area contributed by atoms with Crippen LogP contribution in [0.15, 0.2) is 36.4 Å². The van der Waals surface area contributed by atoms with Crippen LogP contribution < -0.4 is 5.32 Å². The Labute approximate surface area is 132 Å². The molecule has 2 rings (SSSR count). The lowest BCUT2D eigenvalue weighted by Gasteiger charge is -2.15. The standard InChI is InChI=1S/C16H15Cl2F2N/c1-10(14-5-4-13(19)9-16(14)20)21-7-6-11-2-3-12(17)8-15(11)18/h2-5,8-10,21H,6-7H2,1H3. The molecule has 0 amide bonds. The van der Waals surface area contributed by atoms with Gasteiger partial charge in [0.25, 0.3) is 0 Å². The van der Waals surface area contributed by atoms with Gasteiger partial charge in [0.15, 0.2) is 0 Å². The van der Waals surface area contributed by atoms with E-state index in [9.17, 15) is 8.78 Å². The molecule has 0 saturated carbocycles. The second kappa shape index (κ2) is 7.21. The fourth-order valence-electron chi connectivity index (χ4n) is 2.11. The zero-order valence-corrected chi connectivity index (χ0v) is 13.0. The molecule has 0 bridgehead atoms. The Kier molecular flexibility index (Phi) is 5.57. The topological polar surface area (TPSA) is 12.0 Å². The molecule has 0 heterocycles. The first-order valence-corrected chi connectivity index (χ1v) is 7.35. The molecule has 0 radical (unpaired) electrons. The van der Waals surface area contributed by atoms with Crippen molar-refractivity contribution in [2.24, 2.45) is 0 Å². The molecule has 0 aromatic heterocycles. The number of hydrogen-bond donors (Lipinski definition) is 1. The third-order valence-electron chi connectivity index (χ3n) is 3.29. The quantitative estimate of drug-likeness (QED) is 0.798. The number of benzene rings is 2. The highest BCUT2D eigenvalue weighted by atomic mass is 35.5. The molecule has 1 N–H and O–H groups in total. The number of hydrogen-bond acceptors (Lipinski definition) is 1. The van der Waals surface area contributed by atoms with Gasteiger partial charge in [-0.05, 0) is 43.7 Å². The fraction of sp³-hybridized carbons (Fsp3) is 0.250. The summed E-state index contributed by atoms with van der Waals surface area (Å²) in [5.41, 5.74) is 1.42. The summed E-state index contributed by atoms with van der Waals surface area (Å²) in [6.45, 7) is 2.46. The van der Waals surface area contributed by atoms with Crippen molar-refractivity contribution in [1.29, 1.82) is 0 Å². The Morgan fingerprint density at radius 2 is 1.86 bits per heavy atom. The lowest BCUT2D eigenvalue weighted by Crippen LogP contribution is -2.22. The first-order chi connectivity index (χ1) is 9.97. The van der Waals surface area contributed by atoms with E-state index in [1.54, 1.807) is 12.1 Å². The smallest absolute Gasteiger partial charge is 0.130 e. The molecule has 0 aliphatic rings. The van der Waals surface area contributed by atoms with E-state index in [1.165, 1.54) is 12.1 Å². The van der Waals surface area contributed by atoms with Crippen LogP contribution in [0, 0.1) is 11.6 Å². The summed E-state index contributed by atoms with van der Waals surface area (Å²) < 4.78 is 26.5. The fourth-order valence-corrected chi connectivity index (χ4v) is 2.61. The summed E-state index contributed by atoms with van der Waals surface area (Å²) in [6, 6.07) is 8.74. The van der Waals surface area contributed by atoms with Gasteiger partial charge in [-0.3, -0.25) is 0 Å². The Balaban J connectivity index is 1.93. The van der Waals surface area contributed by atoms with E-state index in [4.69, 9.17) is 23.2 Å². The van der Waals surface area contributed by atoms with Gasteiger partial charge < -0.3 is 5.32 Å². The molecule has 1 nitrogen and oxygen atoms in total. The van der Waals surface area contributed by atoms with E-state index in [1.807, 2.05) is 13.0 Å². The normalized spacial score (nSPS) is 12.4. The molecular formula is C16H15Cl2F2N. The molecule has 1 unspecified atom stereocenters. The van der Waals surface area contributed by atoms with Crippen molar-refractivity contribution in [2.75, 3.05) is 6.54 Å². The van der Waals surface area contributed by atoms with E-state index < -0.39 is 11.6 Å². The molecule has 0 saturated heterocycles. The maximum absolute atomic E-state index is 13.6. The van der Waals surface area contributed by atoms with E-state index in [0.717, 1.165) is 11.6 Å². The lowest BCUT2D eigenvalue weighted by atomic mass is 10.1. The van der Waals surface area contributed by atoms with Crippen LogP contribution in [0.2, 0.25) is 10.0 Å². The van der Waals surface area contributed by atoms with Crippen LogP contribution in [0.4, 0.5) is 8.78 Å². The number of halogens is 4. The molecular weight excluding hydrogens is 315 g/mol. The highest BCUT2D eigenvalue weighted by Gasteiger charge is 2.11. The van der Waals surface area contributed by atoms with E-state index in [-0.39, 0.29) is 6.04 Å². The monoisotopic (exact) mass is 329 g/mol. The summed E-state index contributed by atoms with van der Waals surface area (Å²) in [5, 5.41) is 4.41. The average Bonchev–Trinajstić information content (AvgIpc) is 2.41. The van der Waals surface area contributed by atoms with E-state index in [0.29, 0.717) is 28.6 Å². The average molecular weight is 330 g/mol. The van der Waals surface area contributed by atoms with Gasteiger partial charge in [-0.2, -0.15) is 0 Å². The minimum absolute atomic E-state index is 0.211. The summed E-state index contributed by atoms with van der Waals surface area (Å²) in [6.07, 6.45) is 0.698. The molecule has 1 atom stereocenters. The first kappa shape index (κ1) is 16.2. The Hall–Kier alpha value is -1.16. The molecule has 112 valence electrons. The molecule has 2 aromatic rings. The summed E-state index contributed by atoms with van der Waals surface area (Å²) in [4.78, 5) is 0. The van der Waals surface area contributed by atoms with Crippen LogP contribution in [0.3, 0.4) is 0 Å². The molecule has 0 fully saturated rings. The molecule has 5 heteroatoms. The van der Waals surface area contributed by atoms with Gasteiger partial charge >= 0.3 is 0 Å². The van der Waals surface area contributed by atoms with Crippen LogP contribution in [-0.4, -0.2) is 6.54 Å². The minimum atomic E-state index is -0.573. The van der Waals surface area contributed by atoms with Gasteiger partial charge in [0.05, 0.1) is 0 Å². The van der Waals surface area contributed by atoms with Crippen molar-refractivity contribution in [3.8, 4) is 0 Å². The van der Waals surface area contributed by atoms with Gasteiger partial charge in [0.2, 0.25) is 0 Å². The third-order valence-corrected chi connectivity index (χ3v) is 3.88. The maximum Gasteiger partial charge on any atom is 0.130 e. The molecule has 21 heavy (non-hydrogen) atoms. The SMILES string of the molecule is CC(NCCc1ccc(Cl)cc1Cl)c1ccc(F)cc1F. The van der Waals surface area contributed by atoms with Crippen LogP contribution in [0.5, 0.6) is 0 Å². The van der Waals surface area contributed by atoms with Crippen molar-refractivity contribution in [2.45, 2.75) is 19.4 Å². The van der Waals surface area contributed by atoms with Crippen molar-refractivity contribution in [3.05, 3.63) is 69.2 Å². The van der Waals surface area contributed by atoms with Crippen LogP contribution in [0.1, 0.15) is 24.1 Å². The zero-order valence-electron chi connectivity index (χ0n) is 11.5. The maximum atomic E-state index is 13.6. The van der Waals surface area contributed by atoms with Gasteiger partial charge in [-0.25, -0.2) is 8.78 Å². The molecule has 0 spiro atoms. The first-order valence-electron chi connectivity index (χ1n) is 6.59. The van der Waals surface area contributed by atoms with E-state index >= 15 is 0 Å². The molecule has 2 aromatic carbocycles. The van der Waals surface area contributed by atoms with Gasteiger partial charge in [0.1, 0.15) is 11.6 Å². The van der Waals surface area contributed by atoms with Gasteiger partial charge in [-0.15, -0.1) is 0 Å². The molecule has 0 aliphatic heterocycles. The highest BCUT2D eigenvalue weighted by molar-refractivity contribution is 6.35. The predicted octanol–water partition coefficient (Wildman–Crippen LogP) is 5.16. The second-order valence-electron chi connectivity index (χ2n) is 4.83. The number of nitrogens with one attached hydrogen (secondary N) is 1. The second-order valence-corrected chi connectivity index (χ2v) is 5.67. The predicted molar refractivity (Wildman–Crippen MR) is 82.9 cm³/mol. The Morgan fingerprint density at radius 3 is 2.52 bits per heavy atom. The lowest BCUT2D eigenvalue weighted by molar-refractivity contribution is 0.520. The minimum Gasteiger partial charge on any atom is -0.310 e. The van der Waals surface area contributed by atoms with E-state index in [2.05, 4.69) is 5.32 Å². The third kappa shape index (κ3) is 4.40. The zero-order chi connectivity index (χ0) is 15.4. The Morgan fingerprint density at radius 1 is 1.10 bits per heavy atom. The largest absolute Gasteiger partial charge is 0.310 e. The van der Waals surface area contributed by atoms with Crippen molar-refractivity contribution in [1.82, 2.24) is 5.32 Å². The molecule has 0 aliphatic carbocycles. The summed E-state index contributed by atoms with van der Waals surface area (Å²) in [5.74, 6) is -1.11. The number of rotatable bonds is 5. The Bertz CT molecular complexity index is 632. The van der Waals surface area contributed by atoms with Gasteiger partial charge in [0, 0.05) is 27.7 Å². The van der Waals surface area contributed by atoms with Gasteiger partial charge in [-0.1, -0.05) is 35.3 Å². The summed E-state index contributed by atoms with van der Waals surface area (Å²) in [7, 11) is 0. The van der Waals surface area contributed by atoms with Crippen LogP contribution >= 0.6 is 23.2 Å². The van der Waals surface area contributed by atoms with Crippen LogP contribution in [-0.2, 0) is 6.42 Å². The van der Waals surface area contributed by atoms with Crippen LogP contribution in [0.25, 0.3) is 0 Å². The highest BCUT2D eigenvalue weighted by Crippen LogP contribution is 2.22. The van der Waals surface area contributed by atoms with Crippen molar-refractivity contribution in [3.63, 3.8) is 0 Å². The van der Waals surface area contributed by atoms with Crippen molar-refractivity contribution >= 4 is 23.2 Å².